The number of hydrogen-bond donors (Lipinski definition) is 2. The van der Waals surface area contributed by atoms with E-state index in [-0.39, 0.29) is 18.3 Å². The minimum absolute atomic E-state index is 0.229. The fraction of sp³-hybridized carbons (Fsp3) is 0.333. The van der Waals surface area contributed by atoms with E-state index in [2.05, 4.69) is 20.3 Å². The minimum Gasteiger partial charge on any atom is -0.394 e. The van der Waals surface area contributed by atoms with Gasteiger partial charge in [0.1, 0.15) is 6.33 Å². The number of carbonyl (C=O) groups excluding carboxylic acids is 1. The second-order valence-corrected chi connectivity index (χ2v) is 6.42. The van der Waals surface area contributed by atoms with Gasteiger partial charge in [-0.15, -0.1) is 0 Å². The van der Waals surface area contributed by atoms with Crippen LogP contribution in [0.2, 0.25) is 0 Å². The van der Waals surface area contributed by atoms with Gasteiger partial charge in [0.15, 0.2) is 29.4 Å². The molecule has 1 saturated heterocycles. The molecule has 1 aliphatic heterocycles. The number of anilines is 1. The molecule has 0 radical (unpaired) electrons. The molecular weight excluding hydrogens is 353 g/mol. The number of halogens is 1. The van der Waals surface area contributed by atoms with Crippen LogP contribution in [-0.2, 0) is 4.74 Å². The van der Waals surface area contributed by atoms with Crippen LogP contribution >= 0.6 is 0 Å². The third-order valence-electron chi connectivity index (χ3n) is 4.76. The number of imidazole rings is 1. The highest BCUT2D eigenvalue weighted by atomic mass is 19.1. The zero-order valence-corrected chi connectivity index (χ0v) is 14.5. The van der Waals surface area contributed by atoms with Crippen LogP contribution in [0.25, 0.3) is 11.2 Å². The molecular formula is C18H18FN5O3. The number of carbonyl (C=O) groups is 1. The number of benzene rings is 1. The second kappa shape index (κ2) is 7.01. The average molecular weight is 371 g/mol. The maximum absolute atomic E-state index is 14.6. The Kier molecular flexibility index (Phi) is 4.54. The van der Waals surface area contributed by atoms with E-state index >= 15 is 0 Å². The number of nitrogens with zero attached hydrogens (tertiary/aromatic N) is 4. The van der Waals surface area contributed by atoms with E-state index < -0.39 is 24.4 Å². The first-order valence-corrected chi connectivity index (χ1v) is 8.54. The smallest absolute Gasteiger partial charge is 0.256 e. The van der Waals surface area contributed by atoms with Crippen LogP contribution < -0.4 is 5.32 Å². The number of nitrogens with one attached hydrogen (secondary N) is 1. The molecule has 1 amide bonds. The van der Waals surface area contributed by atoms with Crippen molar-refractivity contribution >= 4 is 22.9 Å². The predicted molar refractivity (Wildman–Crippen MR) is 94.8 cm³/mol. The molecule has 0 saturated carbocycles. The van der Waals surface area contributed by atoms with Gasteiger partial charge in [-0.3, -0.25) is 9.36 Å². The standard InChI is InChI=1S/C18H18FN5O3/c1-10-12(7-25)27-18(13(10)19)24-9-22-14-15(20-8-21-16(14)24)23-17(26)11-5-3-2-4-6-11/h2-6,8-10,12-13,18,25H,7H2,1H3,(H,20,21,23,26)/t10-,12-,13-,18-/m1/s1. The lowest BCUT2D eigenvalue weighted by atomic mass is 10.0. The predicted octanol–water partition coefficient (Wildman–Crippen LogP) is 1.94. The quantitative estimate of drug-likeness (QED) is 0.727. The first kappa shape index (κ1) is 17.5. The molecule has 1 fully saturated rings. The Morgan fingerprint density at radius 1 is 1.30 bits per heavy atom. The number of fused-ring (bicyclic) bond motifs is 1. The largest absolute Gasteiger partial charge is 0.394 e. The van der Waals surface area contributed by atoms with Crippen molar-refractivity contribution in [2.24, 2.45) is 5.92 Å². The Morgan fingerprint density at radius 2 is 2.07 bits per heavy atom. The molecule has 27 heavy (non-hydrogen) atoms. The van der Waals surface area contributed by atoms with Crippen molar-refractivity contribution in [3.05, 3.63) is 48.5 Å². The van der Waals surface area contributed by atoms with Gasteiger partial charge in [0, 0.05) is 11.5 Å². The van der Waals surface area contributed by atoms with E-state index in [9.17, 15) is 14.3 Å². The van der Waals surface area contributed by atoms with Crippen LogP contribution in [0, 0.1) is 5.92 Å². The highest BCUT2D eigenvalue weighted by molar-refractivity contribution is 6.06. The number of amides is 1. The van der Waals surface area contributed by atoms with E-state index in [0.29, 0.717) is 16.7 Å². The summed E-state index contributed by atoms with van der Waals surface area (Å²) in [6.45, 7) is 1.42. The number of hydrogen-bond acceptors (Lipinski definition) is 6. The van der Waals surface area contributed by atoms with Crippen molar-refractivity contribution < 1.29 is 19.0 Å². The minimum atomic E-state index is -1.32. The molecule has 140 valence electrons. The van der Waals surface area contributed by atoms with Crippen molar-refractivity contribution in [2.75, 3.05) is 11.9 Å². The van der Waals surface area contributed by atoms with Crippen LogP contribution in [0.4, 0.5) is 10.2 Å². The highest BCUT2D eigenvalue weighted by Gasteiger charge is 2.43. The summed E-state index contributed by atoms with van der Waals surface area (Å²) < 4.78 is 21.7. The van der Waals surface area contributed by atoms with Gasteiger partial charge in [-0.25, -0.2) is 19.3 Å². The van der Waals surface area contributed by atoms with Gasteiger partial charge in [0.05, 0.1) is 19.0 Å². The molecule has 4 rings (SSSR count). The lowest BCUT2D eigenvalue weighted by molar-refractivity contribution is -0.0378. The Hall–Kier alpha value is -2.91. The van der Waals surface area contributed by atoms with Crippen molar-refractivity contribution in [1.29, 1.82) is 0 Å². The summed E-state index contributed by atoms with van der Waals surface area (Å²) in [5, 5.41) is 12.0. The van der Waals surface area contributed by atoms with Gasteiger partial charge < -0.3 is 15.2 Å². The van der Waals surface area contributed by atoms with Crippen LogP contribution in [0.5, 0.6) is 0 Å². The summed E-state index contributed by atoms with van der Waals surface area (Å²) in [4.78, 5) is 24.9. The van der Waals surface area contributed by atoms with E-state index in [4.69, 9.17) is 4.74 Å². The van der Waals surface area contributed by atoms with Gasteiger partial charge in [0.2, 0.25) is 0 Å². The third-order valence-corrected chi connectivity index (χ3v) is 4.76. The topological polar surface area (TPSA) is 102 Å². The van der Waals surface area contributed by atoms with Crippen LogP contribution in [0.15, 0.2) is 43.0 Å². The fourth-order valence-corrected chi connectivity index (χ4v) is 3.17. The molecule has 9 heteroatoms. The molecule has 1 aromatic carbocycles. The molecule has 0 aliphatic carbocycles. The summed E-state index contributed by atoms with van der Waals surface area (Å²) in [5.74, 6) is -0.566. The molecule has 1 aliphatic rings. The zero-order chi connectivity index (χ0) is 19.0. The van der Waals surface area contributed by atoms with Gasteiger partial charge >= 0.3 is 0 Å². The fourth-order valence-electron chi connectivity index (χ4n) is 3.17. The monoisotopic (exact) mass is 371 g/mol. The lowest BCUT2D eigenvalue weighted by Gasteiger charge is -2.15. The highest BCUT2D eigenvalue weighted by Crippen LogP contribution is 2.37. The normalized spacial score (nSPS) is 25.0. The number of aromatic nitrogens is 4. The van der Waals surface area contributed by atoms with Crippen LogP contribution in [-0.4, -0.2) is 49.4 Å². The van der Waals surface area contributed by atoms with Gasteiger partial charge in [-0.05, 0) is 12.1 Å². The Balaban J connectivity index is 1.65. The van der Waals surface area contributed by atoms with Crippen LogP contribution in [0.3, 0.4) is 0 Å². The molecule has 2 aromatic heterocycles. The van der Waals surface area contributed by atoms with Gasteiger partial charge in [0.25, 0.3) is 5.91 Å². The number of alkyl halides is 1. The maximum atomic E-state index is 14.6. The van der Waals surface area contributed by atoms with Crippen LogP contribution in [0.1, 0.15) is 23.5 Å². The maximum Gasteiger partial charge on any atom is 0.256 e. The molecule has 2 N–H and O–H groups in total. The Morgan fingerprint density at radius 3 is 2.78 bits per heavy atom. The Labute approximate surface area is 154 Å². The van der Waals surface area contributed by atoms with Crippen molar-refractivity contribution in [3.63, 3.8) is 0 Å². The first-order chi connectivity index (χ1) is 13.1. The molecule has 0 spiro atoms. The summed E-state index contributed by atoms with van der Waals surface area (Å²) in [6.07, 6.45) is -0.189. The number of aliphatic hydroxyl groups excluding tert-OH is 1. The SMILES string of the molecule is C[C@H]1[C@@H](F)[C@H](n2cnc3c(NC(=O)c4ccccc4)ncnc32)O[C@@H]1CO. The number of ether oxygens (including phenoxy) is 1. The van der Waals surface area contributed by atoms with E-state index in [1.807, 2.05) is 6.07 Å². The Bertz CT molecular complexity index is 964. The summed E-state index contributed by atoms with van der Waals surface area (Å²) in [5.41, 5.74) is 1.15. The number of aliphatic hydroxyl groups is 1. The summed E-state index contributed by atoms with van der Waals surface area (Å²) in [7, 11) is 0. The first-order valence-electron chi connectivity index (χ1n) is 8.54. The van der Waals surface area contributed by atoms with Crippen molar-refractivity contribution in [1.82, 2.24) is 19.5 Å². The molecule has 0 bridgehead atoms. The lowest BCUT2D eigenvalue weighted by Crippen LogP contribution is -2.21. The van der Waals surface area contributed by atoms with E-state index in [1.165, 1.54) is 17.2 Å². The molecule has 8 nitrogen and oxygen atoms in total. The summed E-state index contributed by atoms with van der Waals surface area (Å²) in [6, 6.07) is 8.70. The van der Waals surface area contributed by atoms with E-state index in [1.54, 1.807) is 31.2 Å². The van der Waals surface area contributed by atoms with Gasteiger partial charge in [-0.1, -0.05) is 25.1 Å². The summed E-state index contributed by atoms with van der Waals surface area (Å²) >= 11 is 0. The zero-order valence-electron chi connectivity index (χ0n) is 14.5. The average Bonchev–Trinajstić information content (AvgIpc) is 3.25. The third kappa shape index (κ3) is 3.04. The van der Waals surface area contributed by atoms with Gasteiger partial charge in [-0.2, -0.15) is 0 Å². The molecule has 4 atom stereocenters. The van der Waals surface area contributed by atoms with E-state index in [0.717, 1.165) is 0 Å². The van der Waals surface area contributed by atoms with Crippen molar-refractivity contribution in [2.45, 2.75) is 25.4 Å². The molecule has 3 heterocycles. The second-order valence-electron chi connectivity index (χ2n) is 6.42. The molecule has 3 aromatic rings. The number of rotatable bonds is 4. The van der Waals surface area contributed by atoms with Crippen molar-refractivity contribution in [3.8, 4) is 0 Å². The molecule has 0 unspecified atom stereocenters.